The number of nitrogens with two attached hydrogens (primary N) is 1. The number of sulfonamides is 1. The predicted octanol–water partition coefficient (Wildman–Crippen LogP) is 0.0654. The Balaban J connectivity index is 0.00000220. The highest BCUT2D eigenvalue weighted by atomic mass is 127. The van der Waals surface area contributed by atoms with Crippen LogP contribution in [0.3, 0.4) is 0 Å². The third-order valence-electron chi connectivity index (χ3n) is 3.80. The summed E-state index contributed by atoms with van der Waals surface area (Å²) < 4.78 is 30.4. The number of ether oxygens (including phenoxy) is 1. The number of nitrogens with zero attached hydrogens (tertiary/aromatic N) is 3. The van der Waals surface area contributed by atoms with Gasteiger partial charge in [-0.05, 0) is 12.8 Å². The molecule has 2 N–H and O–H groups in total. The molecule has 0 aliphatic carbocycles. The number of hydrogen-bond donors (Lipinski definition) is 1. The SMILES string of the molecule is CS(=O)(=O)N1CCCCC1CN=C(N)N1CCOCC1.I. The Morgan fingerprint density at radius 2 is 1.95 bits per heavy atom. The first-order valence-corrected chi connectivity index (χ1v) is 8.93. The Morgan fingerprint density at radius 1 is 1.29 bits per heavy atom. The fourth-order valence-corrected chi connectivity index (χ4v) is 3.86. The fraction of sp³-hybridized carbons (Fsp3) is 0.917. The predicted molar refractivity (Wildman–Crippen MR) is 93.5 cm³/mol. The molecular weight excluding hydrogens is 407 g/mol. The molecule has 2 aliphatic rings. The number of piperidine rings is 1. The van der Waals surface area contributed by atoms with E-state index in [1.54, 1.807) is 4.31 Å². The maximum Gasteiger partial charge on any atom is 0.211 e. The van der Waals surface area contributed by atoms with Crippen LogP contribution in [0.15, 0.2) is 4.99 Å². The summed E-state index contributed by atoms with van der Waals surface area (Å²) in [5.74, 6) is 0.493. The van der Waals surface area contributed by atoms with Gasteiger partial charge in [-0.15, -0.1) is 24.0 Å². The van der Waals surface area contributed by atoms with Gasteiger partial charge in [0.05, 0.1) is 26.0 Å². The van der Waals surface area contributed by atoms with E-state index >= 15 is 0 Å². The highest BCUT2D eigenvalue weighted by molar-refractivity contribution is 14.0. The summed E-state index contributed by atoms with van der Waals surface area (Å²) in [6.45, 7) is 3.85. The van der Waals surface area contributed by atoms with Gasteiger partial charge in [-0.3, -0.25) is 4.99 Å². The average molecular weight is 432 g/mol. The van der Waals surface area contributed by atoms with Crippen LogP contribution in [0.4, 0.5) is 0 Å². The first-order valence-electron chi connectivity index (χ1n) is 7.08. The van der Waals surface area contributed by atoms with E-state index in [0.29, 0.717) is 32.3 Å². The van der Waals surface area contributed by atoms with Gasteiger partial charge in [-0.25, -0.2) is 8.42 Å². The Kier molecular flexibility index (Phi) is 7.65. The summed E-state index contributed by atoms with van der Waals surface area (Å²) in [7, 11) is -3.16. The second-order valence-electron chi connectivity index (χ2n) is 5.32. The number of halogens is 1. The number of aliphatic imine (C=N–C) groups is 1. The molecule has 0 aromatic heterocycles. The minimum Gasteiger partial charge on any atom is -0.378 e. The summed E-state index contributed by atoms with van der Waals surface area (Å²) in [4.78, 5) is 6.38. The molecule has 0 saturated carbocycles. The number of guanidine groups is 1. The maximum atomic E-state index is 11.8. The molecule has 2 heterocycles. The fourth-order valence-electron chi connectivity index (χ4n) is 2.68. The zero-order valence-electron chi connectivity index (χ0n) is 12.4. The second-order valence-corrected chi connectivity index (χ2v) is 7.26. The molecule has 7 nitrogen and oxygen atoms in total. The molecule has 124 valence electrons. The molecular formula is C12H25IN4O3S. The van der Waals surface area contributed by atoms with Crippen molar-refractivity contribution >= 4 is 40.0 Å². The minimum atomic E-state index is -3.16. The van der Waals surface area contributed by atoms with E-state index in [1.807, 2.05) is 4.90 Å². The summed E-state index contributed by atoms with van der Waals surface area (Å²) in [5, 5.41) is 0. The van der Waals surface area contributed by atoms with Gasteiger partial charge in [0, 0.05) is 25.7 Å². The number of hydrogen-bond acceptors (Lipinski definition) is 4. The molecule has 21 heavy (non-hydrogen) atoms. The van der Waals surface area contributed by atoms with Gasteiger partial charge < -0.3 is 15.4 Å². The Bertz CT molecular complexity index is 451. The molecule has 2 aliphatic heterocycles. The molecule has 0 spiro atoms. The molecule has 0 aromatic rings. The van der Waals surface area contributed by atoms with Crippen molar-refractivity contribution in [1.29, 1.82) is 0 Å². The van der Waals surface area contributed by atoms with Gasteiger partial charge in [0.2, 0.25) is 10.0 Å². The van der Waals surface area contributed by atoms with Crippen molar-refractivity contribution in [3.05, 3.63) is 0 Å². The number of rotatable bonds is 3. The van der Waals surface area contributed by atoms with Crippen LogP contribution in [0, 0.1) is 0 Å². The lowest BCUT2D eigenvalue weighted by Gasteiger charge is -2.33. The van der Waals surface area contributed by atoms with Gasteiger partial charge in [-0.1, -0.05) is 6.42 Å². The molecule has 9 heteroatoms. The highest BCUT2D eigenvalue weighted by Gasteiger charge is 2.29. The monoisotopic (exact) mass is 432 g/mol. The molecule has 0 amide bonds. The summed E-state index contributed by atoms with van der Waals surface area (Å²) in [6.07, 6.45) is 4.09. The largest absolute Gasteiger partial charge is 0.378 e. The van der Waals surface area contributed by atoms with Gasteiger partial charge in [0.15, 0.2) is 5.96 Å². The van der Waals surface area contributed by atoms with Gasteiger partial charge in [-0.2, -0.15) is 4.31 Å². The van der Waals surface area contributed by atoms with Crippen molar-refractivity contribution in [3.63, 3.8) is 0 Å². The summed E-state index contributed by atoms with van der Waals surface area (Å²) in [6, 6.07) is -0.0571. The topological polar surface area (TPSA) is 88.2 Å². The minimum absolute atomic E-state index is 0. The van der Waals surface area contributed by atoms with E-state index in [0.717, 1.165) is 32.4 Å². The maximum absolute atomic E-state index is 11.8. The van der Waals surface area contributed by atoms with Crippen molar-refractivity contribution in [3.8, 4) is 0 Å². The van der Waals surface area contributed by atoms with E-state index in [-0.39, 0.29) is 30.0 Å². The highest BCUT2D eigenvalue weighted by Crippen LogP contribution is 2.20. The van der Waals surface area contributed by atoms with Crippen LogP contribution < -0.4 is 5.73 Å². The van der Waals surface area contributed by atoms with Crippen molar-refractivity contribution in [2.75, 3.05) is 45.6 Å². The molecule has 1 atom stereocenters. The smallest absolute Gasteiger partial charge is 0.211 e. The first kappa shape index (κ1) is 18.9. The van der Waals surface area contributed by atoms with Crippen molar-refractivity contribution < 1.29 is 13.2 Å². The zero-order chi connectivity index (χ0) is 14.6. The zero-order valence-corrected chi connectivity index (χ0v) is 15.5. The molecule has 2 saturated heterocycles. The molecule has 1 unspecified atom stereocenters. The van der Waals surface area contributed by atoms with Crippen molar-refractivity contribution in [2.24, 2.45) is 10.7 Å². The second kappa shape index (κ2) is 8.49. The molecule has 0 radical (unpaired) electrons. The van der Waals surface area contributed by atoms with E-state index in [1.165, 1.54) is 6.26 Å². The summed E-state index contributed by atoms with van der Waals surface area (Å²) in [5.41, 5.74) is 5.97. The standard InChI is InChI=1S/C12H24N4O3S.HI/c1-20(17,18)16-5-3-2-4-11(16)10-14-12(13)15-6-8-19-9-7-15;/h11H,2-10H2,1H3,(H2,13,14);1H. The van der Waals surface area contributed by atoms with Gasteiger partial charge >= 0.3 is 0 Å². The molecule has 2 fully saturated rings. The van der Waals surface area contributed by atoms with Crippen molar-refractivity contribution in [1.82, 2.24) is 9.21 Å². The lowest BCUT2D eigenvalue weighted by atomic mass is 10.1. The van der Waals surface area contributed by atoms with Crippen LogP contribution in [0.5, 0.6) is 0 Å². The Hall–Kier alpha value is -0.130. The van der Waals surface area contributed by atoms with E-state index in [9.17, 15) is 8.42 Å². The third kappa shape index (κ3) is 5.53. The van der Waals surface area contributed by atoms with Crippen LogP contribution >= 0.6 is 24.0 Å². The molecule has 0 bridgehead atoms. The summed E-state index contributed by atoms with van der Waals surface area (Å²) >= 11 is 0. The average Bonchev–Trinajstić information content (AvgIpc) is 2.45. The van der Waals surface area contributed by atoms with Crippen LogP contribution in [0.2, 0.25) is 0 Å². The Morgan fingerprint density at radius 3 is 2.57 bits per heavy atom. The van der Waals surface area contributed by atoms with Crippen LogP contribution in [-0.2, 0) is 14.8 Å². The van der Waals surface area contributed by atoms with Crippen LogP contribution in [0.1, 0.15) is 19.3 Å². The van der Waals surface area contributed by atoms with Crippen LogP contribution in [-0.4, -0.2) is 75.3 Å². The molecule has 2 rings (SSSR count). The number of morpholine rings is 1. The van der Waals surface area contributed by atoms with E-state index < -0.39 is 10.0 Å². The third-order valence-corrected chi connectivity index (χ3v) is 5.13. The first-order chi connectivity index (χ1) is 9.48. The molecule has 0 aromatic carbocycles. The lowest BCUT2D eigenvalue weighted by molar-refractivity contribution is 0.0673. The van der Waals surface area contributed by atoms with E-state index in [2.05, 4.69) is 4.99 Å². The van der Waals surface area contributed by atoms with Crippen LogP contribution in [0.25, 0.3) is 0 Å². The van der Waals surface area contributed by atoms with Gasteiger partial charge in [0.25, 0.3) is 0 Å². The van der Waals surface area contributed by atoms with Crippen molar-refractivity contribution in [2.45, 2.75) is 25.3 Å². The quantitative estimate of drug-likeness (QED) is 0.387. The van der Waals surface area contributed by atoms with Gasteiger partial charge in [0.1, 0.15) is 0 Å². The van der Waals surface area contributed by atoms with E-state index in [4.69, 9.17) is 10.5 Å². The lowest BCUT2D eigenvalue weighted by Crippen LogP contribution is -2.47. The Labute approximate surface area is 144 Å². The normalized spacial score (nSPS) is 25.5.